The highest BCUT2D eigenvalue weighted by atomic mass is 35.5. The summed E-state index contributed by atoms with van der Waals surface area (Å²) in [5.41, 5.74) is 1.19. The van der Waals surface area contributed by atoms with E-state index >= 15 is 0 Å². The summed E-state index contributed by atoms with van der Waals surface area (Å²) < 4.78 is 1.83. The number of carboxylic acids is 1. The molecule has 0 amide bonds. The number of benzene rings is 1. The van der Waals surface area contributed by atoms with Crippen LogP contribution in [0.1, 0.15) is 16.9 Å². The lowest BCUT2D eigenvalue weighted by atomic mass is 10.2. The lowest BCUT2D eigenvalue weighted by Crippen LogP contribution is -2.16. The summed E-state index contributed by atoms with van der Waals surface area (Å²) in [6, 6.07) is 7.15. The molecule has 0 saturated heterocycles. The summed E-state index contributed by atoms with van der Waals surface area (Å²) in [6.07, 6.45) is 0.892. The molecule has 1 aromatic heterocycles. The zero-order valence-corrected chi connectivity index (χ0v) is 11.8. The summed E-state index contributed by atoms with van der Waals surface area (Å²) in [6.45, 7) is 1.59. The van der Waals surface area contributed by atoms with Crippen LogP contribution in [-0.4, -0.2) is 41.2 Å². The highest BCUT2D eigenvalue weighted by Gasteiger charge is 2.14. The molecule has 0 aliphatic carbocycles. The second-order valence-electron chi connectivity index (χ2n) is 4.85. The Labute approximate surface area is 117 Å². The maximum atomic E-state index is 11.3. The summed E-state index contributed by atoms with van der Waals surface area (Å²) >= 11 is 5.99. The minimum atomic E-state index is -0.905. The van der Waals surface area contributed by atoms with Crippen LogP contribution in [0.2, 0.25) is 5.02 Å². The minimum Gasteiger partial charge on any atom is -0.477 e. The second kappa shape index (κ2) is 5.63. The molecule has 0 aliphatic heterocycles. The van der Waals surface area contributed by atoms with Crippen LogP contribution in [0.5, 0.6) is 0 Å². The van der Waals surface area contributed by atoms with Crippen LogP contribution in [0.4, 0.5) is 0 Å². The van der Waals surface area contributed by atoms with E-state index in [1.807, 2.05) is 30.8 Å². The average molecular weight is 281 g/mol. The minimum absolute atomic E-state index is 0.316. The third-order valence-electron chi connectivity index (χ3n) is 3.07. The Hall–Kier alpha value is -1.52. The van der Waals surface area contributed by atoms with E-state index < -0.39 is 5.97 Å². The molecular formula is C14H17ClN2O2. The molecular weight excluding hydrogens is 264 g/mol. The van der Waals surface area contributed by atoms with Gasteiger partial charge >= 0.3 is 5.97 Å². The van der Waals surface area contributed by atoms with Crippen molar-refractivity contribution < 1.29 is 9.90 Å². The van der Waals surface area contributed by atoms with Gasteiger partial charge in [0.1, 0.15) is 5.69 Å². The number of aromatic nitrogens is 1. The predicted molar refractivity (Wildman–Crippen MR) is 77.1 cm³/mol. The van der Waals surface area contributed by atoms with Crippen molar-refractivity contribution in [3.05, 3.63) is 35.0 Å². The standard InChI is InChI=1S/C14H17ClN2O2/c1-16(2)6-3-7-17-12-9-11(15)5-4-10(12)8-13(17)14(18)19/h4-5,8-9H,3,6-7H2,1-2H3,(H,18,19). The van der Waals surface area contributed by atoms with Gasteiger partial charge in [0, 0.05) is 17.0 Å². The summed E-state index contributed by atoms with van der Waals surface area (Å²) in [4.78, 5) is 13.4. The first kappa shape index (κ1) is 13.9. The summed E-state index contributed by atoms with van der Waals surface area (Å²) in [5, 5.41) is 10.8. The fraction of sp³-hybridized carbons (Fsp3) is 0.357. The van der Waals surface area contributed by atoms with Gasteiger partial charge in [-0.1, -0.05) is 17.7 Å². The summed E-state index contributed by atoms with van der Waals surface area (Å²) in [5.74, 6) is -0.905. The number of aryl methyl sites for hydroxylation is 1. The molecule has 0 aliphatic rings. The van der Waals surface area contributed by atoms with Crippen molar-refractivity contribution in [1.29, 1.82) is 0 Å². The zero-order chi connectivity index (χ0) is 14.0. The number of aromatic carboxylic acids is 1. The number of hydrogen-bond acceptors (Lipinski definition) is 2. The number of halogens is 1. The van der Waals surface area contributed by atoms with E-state index in [-0.39, 0.29) is 0 Å². The molecule has 5 heteroatoms. The van der Waals surface area contributed by atoms with Gasteiger partial charge in [-0.3, -0.25) is 0 Å². The van der Waals surface area contributed by atoms with Gasteiger partial charge < -0.3 is 14.6 Å². The normalized spacial score (nSPS) is 11.4. The number of carbonyl (C=O) groups is 1. The quantitative estimate of drug-likeness (QED) is 0.916. The first-order valence-electron chi connectivity index (χ1n) is 6.16. The van der Waals surface area contributed by atoms with Crippen molar-refractivity contribution in [2.75, 3.05) is 20.6 Å². The third-order valence-corrected chi connectivity index (χ3v) is 3.31. The molecule has 2 rings (SSSR count). The molecule has 1 heterocycles. The van der Waals surface area contributed by atoms with Crippen molar-refractivity contribution in [3.63, 3.8) is 0 Å². The monoisotopic (exact) mass is 280 g/mol. The van der Waals surface area contributed by atoms with E-state index in [0.29, 0.717) is 17.3 Å². The Morgan fingerprint density at radius 3 is 2.74 bits per heavy atom. The Bertz CT molecular complexity index is 605. The van der Waals surface area contributed by atoms with Crippen molar-refractivity contribution in [2.24, 2.45) is 0 Å². The van der Waals surface area contributed by atoms with E-state index in [9.17, 15) is 9.90 Å². The van der Waals surface area contributed by atoms with E-state index in [1.54, 1.807) is 12.1 Å². The summed E-state index contributed by atoms with van der Waals surface area (Å²) in [7, 11) is 4.01. The van der Waals surface area contributed by atoms with Gasteiger partial charge in [0.25, 0.3) is 0 Å². The molecule has 0 saturated carbocycles. The van der Waals surface area contributed by atoms with Crippen molar-refractivity contribution in [1.82, 2.24) is 9.47 Å². The Kier molecular flexibility index (Phi) is 4.12. The predicted octanol–water partition coefficient (Wildman–Crippen LogP) is 2.94. The Morgan fingerprint density at radius 1 is 1.37 bits per heavy atom. The number of hydrogen-bond donors (Lipinski definition) is 1. The second-order valence-corrected chi connectivity index (χ2v) is 5.28. The molecule has 1 aromatic carbocycles. The lowest BCUT2D eigenvalue weighted by molar-refractivity contribution is 0.0685. The molecule has 0 spiro atoms. The Morgan fingerprint density at radius 2 is 2.11 bits per heavy atom. The molecule has 1 N–H and O–H groups in total. The van der Waals surface area contributed by atoms with Crippen LogP contribution >= 0.6 is 11.6 Å². The van der Waals surface area contributed by atoms with Gasteiger partial charge in [0.05, 0.1) is 5.52 Å². The number of fused-ring (bicyclic) bond motifs is 1. The van der Waals surface area contributed by atoms with E-state index in [4.69, 9.17) is 11.6 Å². The van der Waals surface area contributed by atoms with Crippen LogP contribution < -0.4 is 0 Å². The topological polar surface area (TPSA) is 45.5 Å². The van der Waals surface area contributed by atoms with Crippen LogP contribution in [-0.2, 0) is 6.54 Å². The van der Waals surface area contributed by atoms with Crippen molar-refractivity contribution >= 4 is 28.5 Å². The van der Waals surface area contributed by atoms with Gasteiger partial charge in [-0.05, 0) is 45.3 Å². The third kappa shape index (κ3) is 3.08. The van der Waals surface area contributed by atoms with Gasteiger partial charge in [-0.15, -0.1) is 0 Å². The molecule has 0 fully saturated rings. The smallest absolute Gasteiger partial charge is 0.352 e. The fourth-order valence-corrected chi connectivity index (χ4v) is 2.36. The first-order valence-corrected chi connectivity index (χ1v) is 6.53. The maximum Gasteiger partial charge on any atom is 0.352 e. The SMILES string of the molecule is CN(C)CCCn1c(C(=O)O)cc2ccc(Cl)cc21. The van der Waals surface area contributed by atoms with Crippen molar-refractivity contribution in [3.8, 4) is 0 Å². The van der Waals surface area contributed by atoms with E-state index in [2.05, 4.69) is 4.90 Å². The maximum absolute atomic E-state index is 11.3. The number of nitrogens with zero attached hydrogens (tertiary/aromatic N) is 2. The molecule has 0 unspecified atom stereocenters. The highest BCUT2D eigenvalue weighted by molar-refractivity contribution is 6.31. The van der Waals surface area contributed by atoms with E-state index in [0.717, 1.165) is 23.9 Å². The Balaban J connectivity index is 2.39. The van der Waals surface area contributed by atoms with Gasteiger partial charge in [-0.2, -0.15) is 0 Å². The molecule has 19 heavy (non-hydrogen) atoms. The molecule has 0 atom stereocenters. The van der Waals surface area contributed by atoms with Crippen LogP contribution in [0.25, 0.3) is 10.9 Å². The average Bonchev–Trinajstić information content (AvgIpc) is 2.67. The molecule has 4 nitrogen and oxygen atoms in total. The van der Waals surface area contributed by atoms with Gasteiger partial charge in [0.2, 0.25) is 0 Å². The van der Waals surface area contributed by atoms with Gasteiger partial charge in [0.15, 0.2) is 0 Å². The largest absolute Gasteiger partial charge is 0.477 e. The van der Waals surface area contributed by atoms with Crippen LogP contribution in [0, 0.1) is 0 Å². The number of rotatable bonds is 5. The van der Waals surface area contributed by atoms with Crippen LogP contribution in [0.15, 0.2) is 24.3 Å². The molecule has 0 bridgehead atoms. The molecule has 2 aromatic rings. The number of carboxylic acid groups (broad SMARTS) is 1. The lowest BCUT2D eigenvalue weighted by Gasteiger charge is -2.12. The van der Waals surface area contributed by atoms with Crippen molar-refractivity contribution in [2.45, 2.75) is 13.0 Å². The van der Waals surface area contributed by atoms with E-state index in [1.165, 1.54) is 0 Å². The fourth-order valence-electron chi connectivity index (χ4n) is 2.19. The highest BCUT2D eigenvalue weighted by Crippen LogP contribution is 2.24. The molecule has 0 radical (unpaired) electrons. The first-order chi connectivity index (χ1) is 8.99. The molecule has 102 valence electrons. The van der Waals surface area contributed by atoms with Crippen LogP contribution in [0.3, 0.4) is 0 Å². The van der Waals surface area contributed by atoms with Gasteiger partial charge in [-0.25, -0.2) is 4.79 Å². The zero-order valence-electron chi connectivity index (χ0n) is 11.1.